The van der Waals surface area contributed by atoms with Crippen LogP contribution in [0.4, 0.5) is 5.69 Å². The minimum atomic E-state index is -0.478. The van der Waals surface area contributed by atoms with Gasteiger partial charge in [0.1, 0.15) is 0 Å². The summed E-state index contributed by atoms with van der Waals surface area (Å²) in [6.45, 7) is 4.92. The molecule has 1 aromatic carbocycles. The largest absolute Gasteiger partial charge is 0.493 e. The van der Waals surface area contributed by atoms with E-state index in [1.807, 2.05) is 0 Å². The lowest BCUT2D eigenvalue weighted by molar-refractivity contribution is -0.385. The van der Waals surface area contributed by atoms with E-state index in [0.717, 1.165) is 0 Å². The zero-order valence-electron chi connectivity index (χ0n) is 19.6. The molecule has 1 radical (unpaired) electrons. The molecule has 0 aliphatic rings. The Bertz CT molecular complexity index is 802. The third kappa shape index (κ3) is 12.2. The van der Waals surface area contributed by atoms with Gasteiger partial charge in [-0.2, -0.15) is 0 Å². The Morgan fingerprint density at radius 2 is 1.79 bits per heavy atom. The SMILES string of the molecule is C[CH]c1cc(OC)c(OCCCC(=O)NCCOCCOCCOCCN=[N+]=[N-])cc1[N+](=O)[O-]. The Kier molecular flexibility index (Phi) is 15.6. The molecule has 0 fully saturated rings. The summed E-state index contributed by atoms with van der Waals surface area (Å²) >= 11 is 0. The van der Waals surface area contributed by atoms with Gasteiger partial charge in [0.05, 0.1) is 64.3 Å². The lowest BCUT2D eigenvalue weighted by Gasteiger charge is -2.12. The smallest absolute Gasteiger partial charge is 0.276 e. The summed E-state index contributed by atoms with van der Waals surface area (Å²) in [5, 5.41) is 17.3. The van der Waals surface area contributed by atoms with Crippen molar-refractivity contribution in [1.82, 2.24) is 5.32 Å². The molecule has 0 unspecified atom stereocenters. The number of nitro benzene ring substituents is 1. The van der Waals surface area contributed by atoms with Crippen molar-refractivity contribution >= 4 is 11.6 Å². The molecular formula is C21H32N5O8. The predicted octanol–water partition coefficient (Wildman–Crippen LogP) is 2.81. The van der Waals surface area contributed by atoms with Crippen LogP contribution in [0.2, 0.25) is 0 Å². The Hall–Kier alpha value is -3.12. The van der Waals surface area contributed by atoms with E-state index in [1.54, 1.807) is 19.4 Å². The third-order valence-electron chi connectivity index (χ3n) is 4.34. The molecule has 1 aromatic rings. The van der Waals surface area contributed by atoms with Crippen molar-refractivity contribution in [3.8, 4) is 11.5 Å². The van der Waals surface area contributed by atoms with Crippen molar-refractivity contribution < 1.29 is 33.4 Å². The topological polar surface area (TPSA) is 167 Å². The van der Waals surface area contributed by atoms with E-state index in [1.165, 1.54) is 13.2 Å². The van der Waals surface area contributed by atoms with Crippen molar-refractivity contribution in [2.75, 3.05) is 66.4 Å². The van der Waals surface area contributed by atoms with Gasteiger partial charge in [-0.1, -0.05) is 12.0 Å². The minimum Gasteiger partial charge on any atom is -0.493 e. The molecule has 13 heteroatoms. The molecule has 0 heterocycles. The van der Waals surface area contributed by atoms with E-state index in [2.05, 4.69) is 15.3 Å². The van der Waals surface area contributed by atoms with Gasteiger partial charge in [0.2, 0.25) is 5.91 Å². The van der Waals surface area contributed by atoms with Crippen LogP contribution in [0.15, 0.2) is 17.2 Å². The van der Waals surface area contributed by atoms with E-state index in [0.29, 0.717) is 70.5 Å². The fraction of sp³-hybridized carbons (Fsp3) is 0.619. The van der Waals surface area contributed by atoms with Gasteiger partial charge in [-0.25, -0.2) is 0 Å². The second kappa shape index (κ2) is 18.3. The van der Waals surface area contributed by atoms with E-state index in [4.69, 9.17) is 29.2 Å². The zero-order valence-corrected chi connectivity index (χ0v) is 19.6. The molecule has 0 aliphatic carbocycles. The molecule has 1 N–H and O–H groups in total. The summed E-state index contributed by atoms with van der Waals surface area (Å²) in [6.07, 6.45) is 2.30. The van der Waals surface area contributed by atoms with Gasteiger partial charge in [-0.15, -0.1) is 0 Å². The van der Waals surface area contributed by atoms with Crippen molar-refractivity contribution in [3.05, 3.63) is 44.7 Å². The number of ether oxygens (including phenoxy) is 5. The zero-order chi connectivity index (χ0) is 25.0. The van der Waals surface area contributed by atoms with Crippen LogP contribution >= 0.6 is 0 Å². The fourth-order valence-electron chi connectivity index (χ4n) is 2.68. The van der Waals surface area contributed by atoms with Gasteiger partial charge in [-0.3, -0.25) is 14.9 Å². The standard InChI is InChI=1S/C21H32N5O8/c1-3-17-15-19(30-2)20(16-18(17)26(28)29)34-8-4-5-21(27)23-6-9-31-11-13-33-14-12-32-10-7-24-25-22/h3,15-16H,4-14H2,1-2H3,(H,23,27). The van der Waals surface area contributed by atoms with Crippen molar-refractivity contribution in [2.24, 2.45) is 5.11 Å². The highest BCUT2D eigenvalue weighted by molar-refractivity contribution is 5.75. The highest BCUT2D eigenvalue weighted by Gasteiger charge is 2.18. The van der Waals surface area contributed by atoms with Crippen LogP contribution in [0.3, 0.4) is 0 Å². The average molecular weight is 483 g/mol. The van der Waals surface area contributed by atoms with Gasteiger partial charge < -0.3 is 29.0 Å². The number of rotatable bonds is 20. The van der Waals surface area contributed by atoms with Crippen molar-refractivity contribution in [3.63, 3.8) is 0 Å². The monoisotopic (exact) mass is 482 g/mol. The average Bonchev–Trinajstić information content (AvgIpc) is 2.84. The summed E-state index contributed by atoms with van der Waals surface area (Å²) in [6, 6.07) is 2.88. The lowest BCUT2D eigenvalue weighted by atomic mass is 10.1. The maximum absolute atomic E-state index is 11.9. The number of methoxy groups -OCH3 is 1. The van der Waals surface area contributed by atoms with Gasteiger partial charge >= 0.3 is 0 Å². The van der Waals surface area contributed by atoms with Crippen LogP contribution in [-0.2, 0) is 19.0 Å². The first-order valence-corrected chi connectivity index (χ1v) is 10.8. The normalized spacial score (nSPS) is 10.4. The Morgan fingerprint density at radius 3 is 2.41 bits per heavy atom. The molecule has 1 amide bonds. The van der Waals surface area contributed by atoms with E-state index < -0.39 is 4.92 Å². The number of azide groups is 1. The summed E-state index contributed by atoms with van der Waals surface area (Å²) in [4.78, 5) is 25.3. The van der Waals surface area contributed by atoms with Crippen molar-refractivity contribution in [1.29, 1.82) is 0 Å². The predicted molar refractivity (Wildman–Crippen MR) is 123 cm³/mol. The van der Waals surface area contributed by atoms with Crippen LogP contribution in [0.1, 0.15) is 25.3 Å². The first-order valence-electron chi connectivity index (χ1n) is 10.8. The van der Waals surface area contributed by atoms with Gasteiger partial charge in [0.15, 0.2) is 11.5 Å². The first kappa shape index (κ1) is 28.9. The molecule has 0 bridgehead atoms. The lowest BCUT2D eigenvalue weighted by Crippen LogP contribution is -2.27. The van der Waals surface area contributed by atoms with Crippen LogP contribution in [-0.4, -0.2) is 77.3 Å². The molecule has 0 aromatic heterocycles. The molecule has 1 rings (SSSR count). The van der Waals surface area contributed by atoms with E-state index in [9.17, 15) is 14.9 Å². The van der Waals surface area contributed by atoms with Crippen LogP contribution in [0, 0.1) is 16.5 Å². The number of carbonyl (C=O) groups excluding carboxylic acids is 1. The Balaban J connectivity index is 2.11. The number of hydrogen-bond acceptors (Lipinski definition) is 9. The second-order valence-electron chi connectivity index (χ2n) is 6.70. The maximum atomic E-state index is 11.9. The van der Waals surface area contributed by atoms with E-state index in [-0.39, 0.29) is 30.4 Å². The van der Waals surface area contributed by atoms with Crippen molar-refractivity contribution in [2.45, 2.75) is 19.8 Å². The van der Waals surface area contributed by atoms with Gasteiger partial charge in [0, 0.05) is 30.0 Å². The quantitative estimate of drug-likeness (QED) is 0.0739. The summed E-state index contributed by atoms with van der Waals surface area (Å²) in [5.74, 6) is 0.507. The number of nitro groups is 1. The number of benzene rings is 1. The molecule has 189 valence electrons. The third-order valence-corrected chi connectivity index (χ3v) is 4.34. The molecule has 0 saturated heterocycles. The van der Waals surface area contributed by atoms with Crippen LogP contribution in [0.5, 0.6) is 11.5 Å². The second-order valence-corrected chi connectivity index (χ2v) is 6.70. The Morgan fingerprint density at radius 1 is 1.12 bits per heavy atom. The van der Waals surface area contributed by atoms with Gasteiger partial charge in [-0.05, 0) is 24.4 Å². The molecule has 0 saturated carbocycles. The maximum Gasteiger partial charge on any atom is 0.276 e. The number of carbonyl (C=O) groups is 1. The van der Waals surface area contributed by atoms with Crippen LogP contribution in [0.25, 0.3) is 10.4 Å². The van der Waals surface area contributed by atoms with Gasteiger partial charge in [0.25, 0.3) is 5.69 Å². The molecule has 0 spiro atoms. The number of hydrogen-bond donors (Lipinski definition) is 1. The molecule has 0 atom stereocenters. The Labute approximate surface area is 198 Å². The highest BCUT2D eigenvalue weighted by Crippen LogP contribution is 2.35. The molecular weight excluding hydrogens is 450 g/mol. The van der Waals surface area contributed by atoms with E-state index >= 15 is 0 Å². The number of nitrogens with zero attached hydrogens (tertiary/aromatic N) is 4. The van der Waals surface area contributed by atoms with Crippen LogP contribution < -0.4 is 14.8 Å². The molecule has 13 nitrogen and oxygen atoms in total. The summed E-state index contributed by atoms with van der Waals surface area (Å²) < 4.78 is 26.7. The molecule has 34 heavy (non-hydrogen) atoms. The first-order chi connectivity index (χ1) is 16.5. The summed E-state index contributed by atoms with van der Waals surface area (Å²) in [5.41, 5.74) is 8.48. The number of amides is 1. The highest BCUT2D eigenvalue weighted by atomic mass is 16.6. The minimum absolute atomic E-state index is 0.0722. The molecule has 0 aliphatic heterocycles. The number of nitrogens with one attached hydrogen (secondary N) is 1. The summed E-state index contributed by atoms with van der Waals surface area (Å²) in [7, 11) is 1.46. The fourth-order valence-corrected chi connectivity index (χ4v) is 2.68.